The van der Waals surface area contributed by atoms with Crippen LogP contribution in [0.2, 0.25) is 0 Å². The molecule has 0 aromatic carbocycles. The first-order valence-electron chi connectivity index (χ1n) is 3.58. The van der Waals surface area contributed by atoms with Crippen LogP contribution in [0.5, 0.6) is 0 Å². The van der Waals surface area contributed by atoms with E-state index in [1.165, 1.54) is 6.26 Å². The predicted octanol–water partition coefficient (Wildman–Crippen LogP) is 0.244. The van der Waals surface area contributed by atoms with Crippen LogP contribution in [0.4, 0.5) is 0 Å². The van der Waals surface area contributed by atoms with Gasteiger partial charge in [-0.1, -0.05) is 17.8 Å². The molecular formula is C7H15NO2S. The highest BCUT2D eigenvalue weighted by molar-refractivity contribution is 7.91. The van der Waals surface area contributed by atoms with Crippen LogP contribution >= 0.6 is 0 Å². The molecule has 11 heavy (non-hydrogen) atoms. The zero-order valence-corrected chi connectivity index (χ0v) is 7.44. The number of rotatable bonds is 7. The summed E-state index contributed by atoms with van der Waals surface area (Å²) in [6.45, 7) is 4.49. The second-order valence-electron chi connectivity index (χ2n) is 2.03. The second-order valence-corrected chi connectivity index (χ2v) is 3.72. The van der Waals surface area contributed by atoms with Crippen LogP contribution in [0.25, 0.3) is 0 Å². The lowest BCUT2D eigenvalue weighted by Gasteiger charge is -2.08. The molecule has 1 atom stereocenters. The third-order valence-electron chi connectivity index (χ3n) is 1.10. The maximum absolute atomic E-state index is 11.0. The molecule has 0 aliphatic carbocycles. The Labute approximate surface area is 70.8 Å². The zero-order valence-electron chi connectivity index (χ0n) is 6.62. The van der Waals surface area contributed by atoms with Crippen molar-refractivity contribution in [1.29, 1.82) is 0 Å². The van der Waals surface area contributed by atoms with Crippen molar-refractivity contribution in [3.63, 3.8) is 0 Å². The van der Waals surface area contributed by atoms with E-state index < -0.39 is 11.2 Å². The van der Waals surface area contributed by atoms with Crippen molar-refractivity contribution in [2.75, 3.05) is 24.7 Å². The van der Waals surface area contributed by atoms with Crippen LogP contribution in [-0.4, -0.2) is 29.2 Å². The molecule has 0 amide bonds. The first-order valence-corrected chi connectivity index (χ1v) is 5.07. The highest BCUT2D eigenvalue weighted by Gasteiger charge is 2.02. The normalized spacial score (nSPS) is 12.5. The lowest BCUT2D eigenvalue weighted by Crippen LogP contribution is -2.19. The number of ether oxygens (including phenoxy) is 1. The van der Waals surface area contributed by atoms with Crippen molar-refractivity contribution in [1.82, 2.24) is 0 Å². The zero-order chi connectivity index (χ0) is 8.53. The average Bonchev–Trinajstić information content (AvgIpc) is 1.99. The minimum atomic E-state index is -0.763. The van der Waals surface area contributed by atoms with Crippen LogP contribution in [-0.2, 0) is 15.9 Å². The van der Waals surface area contributed by atoms with Gasteiger partial charge in [0.1, 0.15) is 11.5 Å². The average molecular weight is 177 g/mol. The van der Waals surface area contributed by atoms with E-state index >= 15 is 0 Å². The minimum Gasteiger partial charge on any atom is -0.616 e. The molecule has 66 valence electrons. The van der Waals surface area contributed by atoms with Crippen LogP contribution in [0.1, 0.15) is 6.42 Å². The monoisotopic (exact) mass is 177 g/mol. The van der Waals surface area contributed by atoms with E-state index in [4.69, 9.17) is 10.5 Å². The Kier molecular flexibility index (Phi) is 7.78. The number of hydrogen-bond donors (Lipinski definition) is 1. The Morgan fingerprint density at radius 2 is 2.27 bits per heavy atom. The first kappa shape index (κ1) is 10.8. The molecule has 0 aromatic rings. The molecule has 0 radical (unpaired) electrons. The lowest BCUT2D eigenvalue weighted by molar-refractivity contribution is 0.251. The van der Waals surface area contributed by atoms with Crippen molar-refractivity contribution in [2.24, 2.45) is 5.73 Å². The van der Waals surface area contributed by atoms with Gasteiger partial charge in [-0.15, -0.1) is 0 Å². The third-order valence-corrected chi connectivity index (χ3v) is 2.53. The lowest BCUT2D eigenvalue weighted by atomic mass is 10.5. The van der Waals surface area contributed by atoms with Gasteiger partial charge in [-0.3, -0.25) is 0 Å². The van der Waals surface area contributed by atoms with Gasteiger partial charge in [0.2, 0.25) is 0 Å². The molecular weight excluding hydrogens is 162 g/mol. The predicted molar refractivity (Wildman–Crippen MR) is 47.7 cm³/mol. The SMILES string of the molecule is C=COCCC[S+]([O-])CCN. The highest BCUT2D eigenvalue weighted by atomic mass is 32.2. The van der Waals surface area contributed by atoms with Gasteiger partial charge in [-0.2, -0.15) is 0 Å². The Morgan fingerprint density at radius 1 is 1.55 bits per heavy atom. The van der Waals surface area contributed by atoms with Crippen molar-refractivity contribution in [3.05, 3.63) is 12.8 Å². The summed E-state index contributed by atoms with van der Waals surface area (Å²) in [7, 11) is 0. The molecule has 0 bridgehead atoms. The summed E-state index contributed by atoms with van der Waals surface area (Å²) in [6.07, 6.45) is 2.20. The molecule has 0 saturated heterocycles. The quantitative estimate of drug-likeness (QED) is 0.344. The molecule has 0 fully saturated rings. The second kappa shape index (κ2) is 7.91. The van der Waals surface area contributed by atoms with Gasteiger partial charge in [0.25, 0.3) is 0 Å². The molecule has 0 aliphatic heterocycles. The van der Waals surface area contributed by atoms with Crippen molar-refractivity contribution in [2.45, 2.75) is 6.42 Å². The van der Waals surface area contributed by atoms with E-state index in [1.807, 2.05) is 0 Å². The van der Waals surface area contributed by atoms with E-state index in [-0.39, 0.29) is 0 Å². The van der Waals surface area contributed by atoms with Crippen molar-refractivity contribution in [3.8, 4) is 0 Å². The van der Waals surface area contributed by atoms with Crippen LogP contribution in [0, 0.1) is 0 Å². The summed E-state index contributed by atoms with van der Waals surface area (Å²) < 4.78 is 15.8. The summed E-state index contributed by atoms with van der Waals surface area (Å²) in [5.74, 6) is 1.26. The fraction of sp³-hybridized carbons (Fsp3) is 0.714. The van der Waals surface area contributed by atoms with E-state index in [1.54, 1.807) is 0 Å². The molecule has 4 heteroatoms. The Bertz CT molecular complexity index is 100. The van der Waals surface area contributed by atoms with Crippen LogP contribution < -0.4 is 5.73 Å². The summed E-state index contributed by atoms with van der Waals surface area (Å²) in [5.41, 5.74) is 5.22. The first-order chi connectivity index (χ1) is 5.31. The number of hydrogen-bond acceptors (Lipinski definition) is 3. The van der Waals surface area contributed by atoms with Crippen LogP contribution in [0.3, 0.4) is 0 Å². The molecule has 0 rings (SSSR count). The molecule has 0 spiro atoms. The van der Waals surface area contributed by atoms with Crippen LogP contribution in [0.15, 0.2) is 12.8 Å². The van der Waals surface area contributed by atoms with E-state index in [9.17, 15) is 4.55 Å². The van der Waals surface area contributed by atoms with E-state index in [2.05, 4.69) is 6.58 Å². The van der Waals surface area contributed by atoms with Gasteiger partial charge in [-0.25, -0.2) is 0 Å². The fourth-order valence-electron chi connectivity index (χ4n) is 0.620. The topological polar surface area (TPSA) is 58.3 Å². The smallest absolute Gasteiger partial charge is 0.117 e. The minimum absolute atomic E-state index is 0.495. The maximum atomic E-state index is 11.0. The standard InChI is InChI=1S/C7H15NO2S/c1-2-10-5-3-6-11(9)7-4-8/h2H,1,3-8H2. The van der Waals surface area contributed by atoms with Gasteiger partial charge in [0.15, 0.2) is 0 Å². The molecule has 0 aromatic heterocycles. The van der Waals surface area contributed by atoms with Gasteiger partial charge in [0, 0.05) is 13.0 Å². The molecule has 0 heterocycles. The van der Waals surface area contributed by atoms with E-state index in [0.717, 1.165) is 6.42 Å². The molecule has 0 aliphatic rings. The number of nitrogens with two attached hydrogens (primary N) is 1. The van der Waals surface area contributed by atoms with Gasteiger partial charge < -0.3 is 15.0 Å². The summed E-state index contributed by atoms with van der Waals surface area (Å²) >= 11 is -0.763. The largest absolute Gasteiger partial charge is 0.616 e. The maximum Gasteiger partial charge on any atom is 0.117 e. The third kappa shape index (κ3) is 7.71. The molecule has 2 N–H and O–H groups in total. The Balaban J connectivity index is 3.03. The van der Waals surface area contributed by atoms with Crippen molar-refractivity contribution < 1.29 is 9.29 Å². The molecule has 0 saturated carbocycles. The van der Waals surface area contributed by atoms with Crippen molar-refractivity contribution >= 4 is 11.2 Å². The summed E-state index contributed by atoms with van der Waals surface area (Å²) in [4.78, 5) is 0. The molecule has 3 nitrogen and oxygen atoms in total. The Morgan fingerprint density at radius 3 is 2.82 bits per heavy atom. The summed E-state index contributed by atoms with van der Waals surface area (Å²) in [5, 5.41) is 0. The van der Waals surface area contributed by atoms with Gasteiger partial charge in [0.05, 0.1) is 12.9 Å². The van der Waals surface area contributed by atoms with Gasteiger partial charge in [-0.05, 0) is 0 Å². The Hall–Kier alpha value is -0.190. The van der Waals surface area contributed by atoms with Gasteiger partial charge >= 0.3 is 0 Å². The molecule has 1 unspecified atom stereocenters. The van der Waals surface area contributed by atoms with E-state index in [0.29, 0.717) is 24.7 Å². The summed E-state index contributed by atoms with van der Waals surface area (Å²) in [6, 6.07) is 0. The fourth-order valence-corrected chi connectivity index (χ4v) is 1.53. The highest BCUT2D eigenvalue weighted by Crippen LogP contribution is 1.93.